The summed E-state index contributed by atoms with van der Waals surface area (Å²) in [7, 11) is 0. The second-order valence-electron chi connectivity index (χ2n) is 3.09. The van der Waals surface area contributed by atoms with Crippen LogP contribution in [0.4, 0.5) is 0 Å². The maximum atomic E-state index is 5.52. The molecular formula is C12H16O. The Morgan fingerprint density at radius 2 is 2.00 bits per heavy atom. The van der Waals surface area contributed by atoms with E-state index in [2.05, 4.69) is 25.6 Å². The summed E-state index contributed by atoms with van der Waals surface area (Å²) in [5.41, 5.74) is 1.26. The van der Waals surface area contributed by atoms with Crippen LogP contribution >= 0.6 is 0 Å². The Kier molecular flexibility index (Phi) is 4.10. The van der Waals surface area contributed by atoms with E-state index in [4.69, 9.17) is 4.74 Å². The third kappa shape index (κ3) is 3.79. The normalized spacial score (nSPS) is 9.62. The van der Waals surface area contributed by atoms with Gasteiger partial charge in [-0.05, 0) is 31.9 Å². The van der Waals surface area contributed by atoms with Crippen molar-refractivity contribution < 1.29 is 4.74 Å². The van der Waals surface area contributed by atoms with Gasteiger partial charge < -0.3 is 4.74 Å². The molecule has 0 amide bonds. The molecule has 1 heteroatoms. The van der Waals surface area contributed by atoms with Crippen LogP contribution in [0.5, 0.6) is 5.75 Å². The van der Waals surface area contributed by atoms with E-state index in [1.165, 1.54) is 5.56 Å². The van der Waals surface area contributed by atoms with Crippen LogP contribution < -0.4 is 4.74 Å². The molecule has 1 rings (SSSR count). The zero-order valence-electron chi connectivity index (χ0n) is 8.12. The molecule has 0 saturated carbocycles. The molecule has 0 spiro atoms. The van der Waals surface area contributed by atoms with E-state index in [9.17, 15) is 0 Å². The minimum atomic E-state index is 0.773. The number of ether oxygens (including phenoxy) is 1. The predicted octanol–water partition coefficient (Wildman–Crippen LogP) is 3.34. The molecule has 0 atom stereocenters. The Balaban J connectivity index is 2.28. The Labute approximate surface area is 80.0 Å². The van der Waals surface area contributed by atoms with Gasteiger partial charge in [0, 0.05) is 0 Å². The van der Waals surface area contributed by atoms with Crippen molar-refractivity contribution in [2.75, 3.05) is 6.61 Å². The van der Waals surface area contributed by atoms with E-state index in [0.717, 1.165) is 25.2 Å². The summed E-state index contributed by atoms with van der Waals surface area (Å²) in [6.07, 6.45) is 3.97. The van der Waals surface area contributed by atoms with Crippen molar-refractivity contribution in [3.63, 3.8) is 0 Å². The highest BCUT2D eigenvalue weighted by Crippen LogP contribution is 2.11. The van der Waals surface area contributed by atoms with Gasteiger partial charge in [0.1, 0.15) is 5.75 Å². The maximum Gasteiger partial charge on any atom is 0.119 e. The Morgan fingerprint density at radius 1 is 1.31 bits per heavy atom. The zero-order chi connectivity index (χ0) is 9.52. The zero-order valence-corrected chi connectivity index (χ0v) is 8.12. The topological polar surface area (TPSA) is 9.23 Å². The monoisotopic (exact) mass is 176 g/mol. The second-order valence-corrected chi connectivity index (χ2v) is 3.09. The molecule has 0 aliphatic heterocycles. The predicted molar refractivity (Wildman–Crippen MR) is 56.1 cm³/mol. The first-order valence-electron chi connectivity index (χ1n) is 4.63. The fourth-order valence-electron chi connectivity index (χ4n) is 1.05. The minimum Gasteiger partial charge on any atom is -0.494 e. The van der Waals surface area contributed by atoms with Gasteiger partial charge in [0.05, 0.1) is 6.61 Å². The molecule has 0 aliphatic rings. The molecule has 1 nitrogen and oxygen atoms in total. The molecule has 0 aliphatic carbocycles. The largest absolute Gasteiger partial charge is 0.494 e. The molecule has 0 radical (unpaired) electrons. The summed E-state index contributed by atoms with van der Waals surface area (Å²) in [5.74, 6) is 0.953. The first-order valence-corrected chi connectivity index (χ1v) is 4.63. The van der Waals surface area contributed by atoms with E-state index in [-0.39, 0.29) is 0 Å². The quantitative estimate of drug-likeness (QED) is 0.494. The van der Waals surface area contributed by atoms with Gasteiger partial charge in [-0.1, -0.05) is 23.8 Å². The van der Waals surface area contributed by atoms with Crippen molar-refractivity contribution in [2.24, 2.45) is 0 Å². The lowest BCUT2D eigenvalue weighted by Gasteiger charge is -2.04. The molecule has 0 unspecified atom stereocenters. The van der Waals surface area contributed by atoms with E-state index in [1.54, 1.807) is 0 Å². The smallest absolute Gasteiger partial charge is 0.119 e. The summed E-state index contributed by atoms with van der Waals surface area (Å²) in [4.78, 5) is 0. The Bertz CT molecular complexity index is 248. The van der Waals surface area contributed by atoms with Gasteiger partial charge in [0.2, 0.25) is 0 Å². The van der Waals surface area contributed by atoms with Crippen LogP contribution in [0.2, 0.25) is 0 Å². The Hall–Kier alpha value is -1.24. The van der Waals surface area contributed by atoms with Crippen LogP contribution in [0.1, 0.15) is 18.4 Å². The molecule has 0 bridgehead atoms. The third-order valence-corrected chi connectivity index (χ3v) is 1.84. The molecule has 0 aromatic heterocycles. The minimum absolute atomic E-state index is 0.773. The average Bonchev–Trinajstić information content (AvgIpc) is 2.15. The lowest BCUT2D eigenvalue weighted by atomic mass is 10.2. The summed E-state index contributed by atoms with van der Waals surface area (Å²) in [5, 5.41) is 0. The summed E-state index contributed by atoms with van der Waals surface area (Å²) >= 11 is 0. The van der Waals surface area contributed by atoms with Crippen LogP contribution in [-0.2, 0) is 0 Å². The number of aryl methyl sites for hydroxylation is 1. The highest BCUT2D eigenvalue weighted by Gasteiger charge is 1.91. The number of hydrogen-bond acceptors (Lipinski definition) is 1. The van der Waals surface area contributed by atoms with Crippen molar-refractivity contribution in [3.05, 3.63) is 42.5 Å². The van der Waals surface area contributed by atoms with E-state index < -0.39 is 0 Å². The van der Waals surface area contributed by atoms with Gasteiger partial charge in [-0.2, -0.15) is 0 Å². The van der Waals surface area contributed by atoms with Crippen LogP contribution in [-0.4, -0.2) is 6.61 Å². The van der Waals surface area contributed by atoms with Gasteiger partial charge in [-0.15, -0.1) is 6.58 Å². The molecule has 70 valence electrons. The molecule has 0 saturated heterocycles. The SMILES string of the molecule is C=CCCCOc1ccc(C)cc1. The van der Waals surface area contributed by atoms with Gasteiger partial charge in [0.25, 0.3) is 0 Å². The fraction of sp³-hybridized carbons (Fsp3) is 0.333. The number of allylic oxidation sites excluding steroid dienone is 1. The maximum absolute atomic E-state index is 5.52. The van der Waals surface area contributed by atoms with Crippen LogP contribution in [0.25, 0.3) is 0 Å². The third-order valence-electron chi connectivity index (χ3n) is 1.84. The first-order chi connectivity index (χ1) is 6.33. The van der Waals surface area contributed by atoms with E-state index in [0.29, 0.717) is 0 Å². The summed E-state index contributed by atoms with van der Waals surface area (Å²) in [6, 6.07) is 8.12. The molecule has 0 heterocycles. The average molecular weight is 176 g/mol. The summed E-state index contributed by atoms with van der Waals surface area (Å²) in [6.45, 7) is 6.51. The first kappa shape index (κ1) is 9.85. The molecule has 0 N–H and O–H groups in total. The molecular weight excluding hydrogens is 160 g/mol. The van der Waals surface area contributed by atoms with Crippen LogP contribution in [0.15, 0.2) is 36.9 Å². The Morgan fingerprint density at radius 3 is 2.62 bits per heavy atom. The van der Waals surface area contributed by atoms with Gasteiger partial charge >= 0.3 is 0 Å². The van der Waals surface area contributed by atoms with Crippen molar-refractivity contribution in [1.82, 2.24) is 0 Å². The van der Waals surface area contributed by atoms with E-state index in [1.807, 2.05) is 18.2 Å². The van der Waals surface area contributed by atoms with Gasteiger partial charge in [-0.3, -0.25) is 0 Å². The second kappa shape index (κ2) is 5.41. The highest BCUT2D eigenvalue weighted by molar-refractivity contribution is 5.26. The molecule has 13 heavy (non-hydrogen) atoms. The number of unbranched alkanes of at least 4 members (excludes halogenated alkanes) is 1. The van der Waals surface area contributed by atoms with E-state index >= 15 is 0 Å². The van der Waals surface area contributed by atoms with Crippen LogP contribution in [0.3, 0.4) is 0 Å². The lowest BCUT2D eigenvalue weighted by Crippen LogP contribution is -1.96. The standard InChI is InChI=1S/C12H16O/c1-3-4-5-10-13-12-8-6-11(2)7-9-12/h3,6-9H,1,4-5,10H2,2H3. The van der Waals surface area contributed by atoms with Gasteiger partial charge in [-0.25, -0.2) is 0 Å². The van der Waals surface area contributed by atoms with Crippen LogP contribution in [0, 0.1) is 6.92 Å². The number of hydrogen-bond donors (Lipinski definition) is 0. The molecule has 0 fully saturated rings. The van der Waals surface area contributed by atoms with Crippen molar-refractivity contribution >= 4 is 0 Å². The van der Waals surface area contributed by atoms with Crippen molar-refractivity contribution in [1.29, 1.82) is 0 Å². The highest BCUT2D eigenvalue weighted by atomic mass is 16.5. The number of benzene rings is 1. The molecule has 1 aromatic carbocycles. The van der Waals surface area contributed by atoms with Crippen molar-refractivity contribution in [3.8, 4) is 5.75 Å². The lowest BCUT2D eigenvalue weighted by molar-refractivity contribution is 0.312. The van der Waals surface area contributed by atoms with Crippen molar-refractivity contribution in [2.45, 2.75) is 19.8 Å². The van der Waals surface area contributed by atoms with Gasteiger partial charge in [0.15, 0.2) is 0 Å². The molecule has 1 aromatic rings. The fourth-order valence-corrected chi connectivity index (χ4v) is 1.05. The number of rotatable bonds is 5. The summed E-state index contributed by atoms with van der Waals surface area (Å²) < 4.78 is 5.52.